The summed E-state index contributed by atoms with van der Waals surface area (Å²) in [6.45, 7) is 4.23. The standard InChI is InChI=1S/C14H22ClN3O2/c1-11-10-12(4-5-13(11)15)20-9-7-17-14(19)16-6-8-18(2)3/h4-5,10H,6-9H2,1-3H3,(H2,16,17,19). The summed E-state index contributed by atoms with van der Waals surface area (Å²) in [4.78, 5) is 13.4. The van der Waals surface area contributed by atoms with Crippen LogP contribution in [0.15, 0.2) is 18.2 Å². The molecule has 1 rings (SSSR count). The molecule has 0 aliphatic rings. The first-order valence-corrected chi connectivity index (χ1v) is 6.92. The number of amides is 2. The lowest BCUT2D eigenvalue weighted by atomic mass is 10.2. The molecule has 0 heterocycles. The Labute approximate surface area is 125 Å². The maximum absolute atomic E-state index is 11.4. The average molecular weight is 300 g/mol. The minimum absolute atomic E-state index is 0.178. The Morgan fingerprint density at radius 2 is 2.00 bits per heavy atom. The van der Waals surface area contributed by atoms with Crippen molar-refractivity contribution in [3.8, 4) is 5.75 Å². The second-order valence-electron chi connectivity index (χ2n) is 4.75. The van der Waals surface area contributed by atoms with Gasteiger partial charge in [-0.2, -0.15) is 0 Å². The van der Waals surface area contributed by atoms with E-state index in [0.717, 1.165) is 22.9 Å². The van der Waals surface area contributed by atoms with Gasteiger partial charge in [0.15, 0.2) is 0 Å². The summed E-state index contributed by atoms with van der Waals surface area (Å²) in [6, 6.07) is 5.31. The van der Waals surface area contributed by atoms with E-state index in [2.05, 4.69) is 10.6 Å². The monoisotopic (exact) mass is 299 g/mol. The van der Waals surface area contributed by atoms with Crippen LogP contribution >= 0.6 is 11.6 Å². The van der Waals surface area contributed by atoms with Crippen LogP contribution in [0.25, 0.3) is 0 Å². The average Bonchev–Trinajstić information content (AvgIpc) is 2.38. The topological polar surface area (TPSA) is 53.6 Å². The van der Waals surface area contributed by atoms with Gasteiger partial charge >= 0.3 is 6.03 Å². The highest BCUT2D eigenvalue weighted by Crippen LogP contribution is 2.20. The zero-order chi connectivity index (χ0) is 15.0. The Balaban J connectivity index is 2.15. The van der Waals surface area contributed by atoms with Crippen LogP contribution in [0.5, 0.6) is 5.75 Å². The van der Waals surface area contributed by atoms with E-state index in [4.69, 9.17) is 16.3 Å². The normalized spacial score (nSPS) is 10.4. The predicted molar refractivity (Wildman–Crippen MR) is 81.6 cm³/mol. The molecule has 0 fully saturated rings. The molecule has 112 valence electrons. The molecular weight excluding hydrogens is 278 g/mol. The Bertz CT molecular complexity index is 438. The van der Waals surface area contributed by atoms with Crippen molar-refractivity contribution in [2.24, 2.45) is 0 Å². The fourth-order valence-corrected chi connectivity index (χ4v) is 1.61. The minimum Gasteiger partial charge on any atom is -0.492 e. The van der Waals surface area contributed by atoms with Gasteiger partial charge in [-0.05, 0) is 44.8 Å². The van der Waals surface area contributed by atoms with Crippen LogP contribution in [0.3, 0.4) is 0 Å². The Kier molecular flexibility index (Phi) is 7.18. The molecule has 0 atom stereocenters. The molecule has 0 unspecified atom stereocenters. The third-order valence-corrected chi connectivity index (χ3v) is 3.05. The van der Waals surface area contributed by atoms with E-state index in [9.17, 15) is 4.79 Å². The number of halogens is 1. The lowest BCUT2D eigenvalue weighted by Gasteiger charge is -2.12. The van der Waals surface area contributed by atoms with E-state index in [-0.39, 0.29) is 6.03 Å². The third-order valence-electron chi connectivity index (χ3n) is 2.63. The van der Waals surface area contributed by atoms with E-state index in [1.54, 1.807) is 6.07 Å². The molecule has 0 saturated carbocycles. The van der Waals surface area contributed by atoms with Gasteiger partial charge in [0.1, 0.15) is 12.4 Å². The molecule has 20 heavy (non-hydrogen) atoms. The van der Waals surface area contributed by atoms with Crippen LogP contribution in [0, 0.1) is 6.92 Å². The van der Waals surface area contributed by atoms with Gasteiger partial charge in [0.2, 0.25) is 0 Å². The van der Waals surface area contributed by atoms with Crippen LogP contribution in [0.4, 0.5) is 4.79 Å². The van der Waals surface area contributed by atoms with Gasteiger partial charge < -0.3 is 20.3 Å². The molecule has 0 radical (unpaired) electrons. The highest BCUT2D eigenvalue weighted by Gasteiger charge is 2.01. The maximum Gasteiger partial charge on any atom is 0.314 e. The lowest BCUT2D eigenvalue weighted by Crippen LogP contribution is -2.40. The van der Waals surface area contributed by atoms with Crippen LogP contribution in [-0.4, -0.2) is 51.3 Å². The van der Waals surface area contributed by atoms with Crippen molar-refractivity contribution in [2.45, 2.75) is 6.92 Å². The maximum atomic E-state index is 11.4. The fraction of sp³-hybridized carbons (Fsp3) is 0.500. The van der Waals surface area contributed by atoms with Crippen LogP contribution in [0.1, 0.15) is 5.56 Å². The van der Waals surface area contributed by atoms with Crippen molar-refractivity contribution in [1.82, 2.24) is 15.5 Å². The molecule has 5 nitrogen and oxygen atoms in total. The third kappa shape index (κ3) is 6.63. The number of nitrogens with zero attached hydrogens (tertiary/aromatic N) is 1. The second kappa shape index (κ2) is 8.66. The number of nitrogens with one attached hydrogen (secondary N) is 2. The smallest absolute Gasteiger partial charge is 0.314 e. The number of carbonyl (C=O) groups excluding carboxylic acids is 1. The van der Waals surface area contributed by atoms with Gasteiger partial charge in [0.05, 0.1) is 6.54 Å². The zero-order valence-electron chi connectivity index (χ0n) is 12.2. The minimum atomic E-state index is -0.178. The van der Waals surface area contributed by atoms with Crippen molar-refractivity contribution in [3.05, 3.63) is 28.8 Å². The van der Waals surface area contributed by atoms with Crippen molar-refractivity contribution < 1.29 is 9.53 Å². The number of hydrogen-bond donors (Lipinski definition) is 2. The number of aryl methyl sites for hydroxylation is 1. The van der Waals surface area contributed by atoms with Crippen LogP contribution in [-0.2, 0) is 0 Å². The molecule has 1 aromatic carbocycles. The molecule has 0 bridgehead atoms. The Morgan fingerprint density at radius 3 is 2.65 bits per heavy atom. The molecule has 0 aliphatic carbocycles. The summed E-state index contributed by atoms with van der Waals surface area (Å²) in [5.41, 5.74) is 0.971. The number of carbonyl (C=O) groups is 1. The van der Waals surface area contributed by atoms with Gasteiger partial charge in [-0.25, -0.2) is 4.79 Å². The number of benzene rings is 1. The highest BCUT2D eigenvalue weighted by molar-refractivity contribution is 6.31. The fourth-order valence-electron chi connectivity index (χ4n) is 1.50. The summed E-state index contributed by atoms with van der Waals surface area (Å²) in [7, 11) is 3.92. The van der Waals surface area contributed by atoms with Crippen molar-refractivity contribution in [3.63, 3.8) is 0 Å². The quantitative estimate of drug-likeness (QED) is 0.756. The first-order valence-electron chi connectivity index (χ1n) is 6.54. The lowest BCUT2D eigenvalue weighted by molar-refractivity contribution is 0.235. The molecular formula is C14H22ClN3O2. The van der Waals surface area contributed by atoms with Crippen LogP contribution in [0.2, 0.25) is 5.02 Å². The van der Waals surface area contributed by atoms with E-state index < -0.39 is 0 Å². The SMILES string of the molecule is Cc1cc(OCCNC(=O)NCCN(C)C)ccc1Cl. The summed E-state index contributed by atoms with van der Waals surface area (Å²) < 4.78 is 5.53. The van der Waals surface area contributed by atoms with E-state index in [1.807, 2.05) is 38.1 Å². The predicted octanol–water partition coefficient (Wildman–Crippen LogP) is 1.89. The van der Waals surface area contributed by atoms with Crippen molar-refractivity contribution >= 4 is 17.6 Å². The first-order chi connectivity index (χ1) is 9.49. The molecule has 1 aromatic rings. The van der Waals surface area contributed by atoms with Gasteiger partial charge in [0, 0.05) is 18.1 Å². The van der Waals surface area contributed by atoms with Gasteiger partial charge in [-0.1, -0.05) is 11.6 Å². The number of ether oxygens (including phenoxy) is 1. The largest absolute Gasteiger partial charge is 0.492 e. The van der Waals surface area contributed by atoms with Crippen molar-refractivity contribution in [2.75, 3.05) is 40.3 Å². The van der Waals surface area contributed by atoms with E-state index in [1.165, 1.54) is 0 Å². The Hall–Kier alpha value is -1.46. The van der Waals surface area contributed by atoms with Gasteiger partial charge in [-0.15, -0.1) is 0 Å². The van der Waals surface area contributed by atoms with E-state index in [0.29, 0.717) is 19.7 Å². The molecule has 0 spiro atoms. The summed E-state index contributed by atoms with van der Waals surface area (Å²) in [5, 5.41) is 6.22. The summed E-state index contributed by atoms with van der Waals surface area (Å²) in [5.74, 6) is 0.752. The summed E-state index contributed by atoms with van der Waals surface area (Å²) >= 11 is 5.93. The molecule has 0 saturated heterocycles. The molecule has 6 heteroatoms. The summed E-state index contributed by atoms with van der Waals surface area (Å²) in [6.07, 6.45) is 0. The van der Waals surface area contributed by atoms with Crippen molar-refractivity contribution in [1.29, 1.82) is 0 Å². The second-order valence-corrected chi connectivity index (χ2v) is 5.15. The molecule has 2 N–H and O–H groups in total. The van der Waals surface area contributed by atoms with Gasteiger partial charge in [0.25, 0.3) is 0 Å². The number of urea groups is 1. The van der Waals surface area contributed by atoms with Gasteiger partial charge in [-0.3, -0.25) is 0 Å². The number of hydrogen-bond acceptors (Lipinski definition) is 3. The zero-order valence-corrected chi connectivity index (χ0v) is 13.0. The molecule has 2 amide bonds. The number of likely N-dealkylation sites (N-methyl/N-ethyl adjacent to an activating group) is 1. The molecule has 0 aliphatic heterocycles. The van der Waals surface area contributed by atoms with E-state index >= 15 is 0 Å². The highest BCUT2D eigenvalue weighted by atomic mass is 35.5. The number of rotatable bonds is 7. The molecule has 0 aromatic heterocycles. The van der Waals surface area contributed by atoms with Crippen LogP contribution < -0.4 is 15.4 Å². The first kappa shape index (κ1) is 16.6. The Morgan fingerprint density at radius 1 is 1.30 bits per heavy atom.